The van der Waals surface area contributed by atoms with Crippen molar-refractivity contribution in [3.63, 3.8) is 0 Å². The van der Waals surface area contributed by atoms with Gasteiger partial charge in [-0.25, -0.2) is 0 Å². The molecule has 2 N–H and O–H groups in total. The van der Waals surface area contributed by atoms with Crippen LogP contribution in [-0.4, -0.2) is 18.5 Å². The zero-order valence-corrected chi connectivity index (χ0v) is 6.44. The van der Waals surface area contributed by atoms with Crippen LogP contribution in [0.5, 0.6) is 0 Å². The highest BCUT2D eigenvalue weighted by Gasteiger charge is 2.22. The Morgan fingerprint density at radius 2 is 2.62 bits per heavy atom. The summed E-state index contributed by atoms with van der Waals surface area (Å²) < 4.78 is 2.53. The fourth-order valence-electron chi connectivity index (χ4n) is 0.490. The maximum Gasteiger partial charge on any atom is 0.230 e. The van der Waals surface area contributed by atoms with Crippen molar-refractivity contribution in [2.45, 2.75) is 12.5 Å². The van der Waals surface area contributed by atoms with Crippen LogP contribution in [0, 0.1) is 0 Å². The van der Waals surface area contributed by atoms with E-state index < -0.39 is 0 Å². The second kappa shape index (κ2) is 2.63. The summed E-state index contributed by atoms with van der Waals surface area (Å²) in [5.41, 5.74) is 0. The zero-order chi connectivity index (χ0) is 5.98. The molecule has 46 valence electrons. The molecule has 0 radical (unpaired) electrons. The smallest absolute Gasteiger partial charge is 0.230 e. The van der Waals surface area contributed by atoms with Crippen molar-refractivity contribution in [1.82, 2.24) is 8.85 Å². The molecular formula is C4H7IN2O. The Hall–Kier alpha value is 0.160. The van der Waals surface area contributed by atoms with Crippen LogP contribution in [0.25, 0.3) is 0 Å². The molecule has 1 aliphatic rings. The van der Waals surface area contributed by atoms with E-state index in [0.717, 1.165) is 6.54 Å². The molecule has 1 aliphatic heterocycles. The Balaban J connectivity index is 2.07. The van der Waals surface area contributed by atoms with Crippen molar-refractivity contribution >= 4 is 28.8 Å². The van der Waals surface area contributed by atoms with Gasteiger partial charge in [0.05, 0.1) is 22.9 Å². The van der Waals surface area contributed by atoms with Crippen LogP contribution in [-0.2, 0) is 4.79 Å². The summed E-state index contributed by atoms with van der Waals surface area (Å²) in [6.07, 6.45) is 0.628. The molecule has 1 saturated heterocycles. The van der Waals surface area contributed by atoms with Crippen LogP contribution < -0.4 is 8.85 Å². The number of hydrogen-bond donors (Lipinski definition) is 2. The first kappa shape index (κ1) is 6.28. The lowest BCUT2D eigenvalue weighted by molar-refractivity contribution is -0.118. The van der Waals surface area contributed by atoms with E-state index >= 15 is 0 Å². The first-order valence-corrected chi connectivity index (χ1v) is 3.53. The molecule has 0 aromatic heterocycles. The highest BCUT2D eigenvalue weighted by molar-refractivity contribution is 14.1. The molecule has 1 fully saturated rings. The molecule has 0 spiro atoms. The van der Waals surface area contributed by atoms with Crippen LogP contribution >= 0.6 is 22.9 Å². The van der Waals surface area contributed by atoms with Crippen LogP contribution in [0.4, 0.5) is 0 Å². The summed E-state index contributed by atoms with van der Waals surface area (Å²) in [6.45, 7) is 1.00. The second-order valence-electron chi connectivity index (χ2n) is 1.83. The minimum atomic E-state index is 0.112. The van der Waals surface area contributed by atoms with E-state index in [0.29, 0.717) is 12.5 Å². The van der Waals surface area contributed by atoms with Crippen LogP contribution in [0.2, 0.25) is 0 Å². The van der Waals surface area contributed by atoms with Crippen molar-refractivity contribution in [2.24, 2.45) is 0 Å². The van der Waals surface area contributed by atoms with E-state index in [9.17, 15) is 4.79 Å². The van der Waals surface area contributed by atoms with Gasteiger partial charge in [-0.1, -0.05) is 0 Å². The summed E-state index contributed by atoms with van der Waals surface area (Å²) in [6, 6.07) is 0.463. The number of hydrogen-bond acceptors (Lipinski definition) is 2. The molecule has 0 aromatic rings. The fourth-order valence-corrected chi connectivity index (χ4v) is 0.710. The lowest BCUT2D eigenvalue weighted by Gasteiger charge is -1.90. The van der Waals surface area contributed by atoms with Gasteiger partial charge in [-0.2, -0.15) is 0 Å². The monoisotopic (exact) mass is 226 g/mol. The van der Waals surface area contributed by atoms with Gasteiger partial charge >= 0.3 is 0 Å². The highest BCUT2D eigenvalue weighted by Crippen LogP contribution is 2.01. The highest BCUT2D eigenvalue weighted by atomic mass is 127. The molecule has 1 amide bonds. The average molecular weight is 226 g/mol. The van der Waals surface area contributed by atoms with Crippen molar-refractivity contribution in [2.75, 3.05) is 6.54 Å². The molecule has 1 rings (SSSR count). The van der Waals surface area contributed by atoms with E-state index in [-0.39, 0.29) is 5.91 Å². The first-order valence-electron chi connectivity index (χ1n) is 2.46. The molecule has 0 saturated carbocycles. The minimum absolute atomic E-state index is 0.112. The van der Waals surface area contributed by atoms with E-state index in [1.807, 2.05) is 22.9 Å². The number of halogens is 1. The van der Waals surface area contributed by atoms with E-state index in [1.54, 1.807) is 0 Å². The largest absolute Gasteiger partial charge is 0.311 e. The van der Waals surface area contributed by atoms with Gasteiger partial charge in [-0.3, -0.25) is 8.32 Å². The second-order valence-corrected chi connectivity index (χ2v) is 2.37. The average Bonchev–Trinajstić information content (AvgIpc) is 2.50. The molecule has 1 unspecified atom stereocenters. The van der Waals surface area contributed by atoms with Crippen molar-refractivity contribution in [3.8, 4) is 0 Å². The Bertz CT molecular complexity index is 102. The standard InChI is InChI=1S/C4H7IN2O/c5-7-4(8)1-3-2-6-3/h3,6H,1-2H2,(H,7,8). The molecule has 0 aromatic carbocycles. The first-order chi connectivity index (χ1) is 3.83. The summed E-state index contributed by atoms with van der Waals surface area (Å²) in [5, 5.41) is 3.04. The number of nitrogens with one attached hydrogen (secondary N) is 2. The molecule has 1 atom stereocenters. The summed E-state index contributed by atoms with van der Waals surface area (Å²) >= 11 is 1.85. The third-order valence-electron chi connectivity index (χ3n) is 1.03. The van der Waals surface area contributed by atoms with Crippen LogP contribution in [0.15, 0.2) is 0 Å². The maximum absolute atomic E-state index is 10.5. The van der Waals surface area contributed by atoms with Gasteiger partial charge in [0, 0.05) is 19.0 Å². The zero-order valence-electron chi connectivity index (χ0n) is 4.28. The van der Waals surface area contributed by atoms with Crippen molar-refractivity contribution < 1.29 is 4.79 Å². The Morgan fingerprint density at radius 3 is 3.00 bits per heavy atom. The SMILES string of the molecule is O=C(CC1CN1)NI. The van der Waals surface area contributed by atoms with E-state index in [2.05, 4.69) is 8.85 Å². The summed E-state index contributed by atoms with van der Waals surface area (Å²) in [7, 11) is 0. The van der Waals surface area contributed by atoms with Gasteiger partial charge in [0.25, 0.3) is 0 Å². The molecule has 0 bridgehead atoms. The molecule has 0 aliphatic carbocycles. The van der Waals surface area contributed by atoms with Crippen LogP contribution in [0.3, 0.4) is 0 Å². The predicted molar refractivity (Wildman–Crippen MR) is 38.6 cm³/mol. The number of carbonyl (C=O) groups excluding carboxylic acids is 1. The Kier molecular flexibility index (Phi) is 2.07. The quantitative estimate of drug-likeness (QED) is 0.389. The lowest BCUT2D eigenvalue weighted by atomic mass is 10.3. The van der Waals surface area contributed by atoms with E-state index in [1.165, 1.54) is 0 Å². The molecule has 1 heterocycles. The molecule has 4 heteroatoms. The summed E-state index contributed by atoms with van der Waals surface area (Å²) in [4.78, 5) is 10.5. The van der Waals surface area contributed by atoms with Crippen molar-refractivity contribution in [1.29, 1.82) is 0 Å². The number of rotatable bonds is 2. The normalized spacial score (nSPS) is 24.9. The fraction of sp³-hybridized carbons (Fsp3) is 0.750. The molecule has 3 nitrogen and oxygen atoms in total. The molecule has 8 heavy (non-hydrogen) atoms. The molecular weight excluding hydrogens is 219 g/mol. The predicted octanol–water partition coefficient (Wildman–Crippen LogP) is -0.186. The van der Waals surface area contributed by atoms with Gasteiger partial charge in [0.2, 0.25) is 5.91 Å². The van der Waals surface area contributed by atoms with E-state index in [4.69, 9.17) is 0 Å². The third kappa shape index (κ3) is 1.95. The number of carbonyl (C=O) groups is 1. The van der Waals surface area contributed by atoms with Crippen LogP contribution in [0.1, 0.15) is 6.42 Å². The van der Waals surface area contributed by atoms with Gasteiger partial charge in [0.1, 0.15) is 0 Å². The Morgan fingerprint density at radius 1 is 2.00 bits per heavy atom. The lowest BCUT2D eigenvalue weighted by Crippen LogP contribution is -2.14. The van der Waals surface area contributed by atoms with Gasteiger partial charge in [0.15, 0.2) is 0 Å². The Labute approximate surface area is 61.7 Å². The minimum Gasteiger partial charge on any atom is -0.311 e. The number of amides is 1. The van der Waals surface area contributed by atoms with Gasteiger partial charge in [-0.05, 0) is 0 Å². The van der Waals surface area contributed by atoms with Gasteiger partial charge in [-0.15, -0.1) is 0 Å². The topological polar surface area (TPSA) is 51.0 Å². The third-order valence-corrected chi connectivity index (χ3v) is 1.63. The van der Waals surface area contributed by atoms with Crippen molar-refractivity contribution in [3.05, 3.63) is 0 Å². The summed E-state index contributed by atoms with van der Waals surface area (Å²) in [5.74, 6) is 0.112. The maximum atomic E-state index is 10.5. The van der Waals surface area contributed by atoms with Gasteiger partial charge < -0.3 is 5.32 Å².